The van der Waals surface area contributed by atoms with E-state index >= 15 is 0 Å². The molecule has 27 heavy (non-hydrogen) atoms. The summed E-state index contributed by atoms with van der Waals surface area (Å²) < 4.78 is 0. The van der Waals surface area contributed by atoms with Crippen molar-refractivity contribution in [2.75, 3.05) is 16.3 Å². The molecule has 0 radical (unpaired) electrons. The van der Waals surface area contributed by atoms with Crippen LogP contribution in [0.3, 0.4) is 0 Å². The summed E-state index contributed by atoms with van der Waals surface area (Å²) in [7, 11) is 0. The van der Waals surface area contributed by atoms with E-state index in [1.165, 1.54) is 11.1 Å². The Kier molecular flexibility index (Phi) is 4.38. The number of urea groups is 1. The van der Waals surface area contributed by atoms with Gasteiger partial charge in [0.1, 0.15) is 0 Å². The fourth-order valence-corrected chi connectivity index (χ4v) is 4.07. The van der Waals surface area contributed by atoms with E-state index in [0.29, 0.717) is 13.0 Å². The highest BCUT2D eigenvalue weighted by atomic mass is 16.2. The van der Waals surface area contributed by atoms with Crippen LogP contribution in [-0.2, 0) is 11.2 Å². The van der Waals surface area contributed by atoms with Crippen molar-refractivity contribution in [1.29, 1.82) is 0 Å². The number of carbonyl (C=O) groups excluding carboxylic acids is 2. The lowest BCUT2D eigenvalue weighted by Gasteiger charge is -2.25. The van der Waals surface area contributed by atoms with Crippen molar-refractivity contribution >= 4 is 23.3 Å². The molecule has 0 aromatic heterocycles. The zero-order valence-electron chi connectivity index (χ0n) is 16.0. The molecule has 0 saturated carbocycles. The summed E-state index contributed by atoms with van der Waals surface area (Å²) in [6.07, 6.45) is 1.20. The first-order chi connectivity index (χ1) is 12.9. The molecule has 1 N–H and O–H groups in total. The van der Waals surface area contributed by atoms with Gasteiger partial charge in [-0.1, -0.05) is 24.3 Å². The van der Waals surface area contributed by atoms with Gasteiger partial charge in [0.15, 0.2) is 0 Å². The first-order valence-corrected chi connectivity index (χ1v) is 9.49. The smallest absolute Gasteiger partial charge is 0.322 e. The summed E-state index contributed by atoms with van der Waals surface area (Å²) >= 11 is 0. The van der Waals surface area contributed by atoms with E-state index in [-0.39, 0.29) is 24.0 Å². The summed E-state index contributed by atoms with van der Waals surface area (Å²) in [5, 5.41) is 3.07. The van der Waals surface area contributed by atoms with Crippen molar-refractivity contribution in [3.05, 3.63) is 59.2 Å². The standard InChI is InChI=1S/C22H25N3O2/c1-14-8-9-19(10-15(14)2)24-13-18(12-21(24)26)23-22(27)25-16(3)11-17-6-4-5-7-20(17)25/h4-10,16,18H,11-13H2,1-3H3,(H,23,27). The molecule has 2 atom stereocenters. The number of carbonyl (C=O) groups is 2. The Morgan fingerprint density at radius 3 is 2.63 bits per heavy atom. The van der Waals surface area contributed by atoms with E-state index in [0.717, 1.165) is 23.4 Å². The van der Waals surface area contributed by atoms with Crippen LogP contribution in [0.2, 0.25) is 0 Å². The normalized spacial score (nSPS) is 21.5. The van der Waals surface area contributed by atoms with Gasteiger partial charge in [-0.15, -0.1) is 0 Å². The second-order valence-electron chi connectivity index (χ2n) is 7.68. The van der Waals surface area contributed by atoms with Crippen molar-refractivity contribution < 1.29 is 9.59 Å². The number of nitrogens with one attached hydrogen (secondary N) is 1. The largest absolute Gasteiger partial charge is 0.333 e. The molecule has 5 nitrogen and oxygen atoms in total. The summed E-state index contributed by atoms with van der Waals surface area (Å²) in [6.45, 7) is 6.67. The van der Waals surface area contributed by atoms with Gasteiger partial charge in [-0.05, 0) is 62.1 Å². The van der Waals surface area contributed by atoms with Gasteiger partial charge in [0.25, 0.3) is 0 Å². The molecule has 2 heterocycles. The molecule has 0 aliphatic carbocycles. The molecule has 3 amide bonds. The predicted molar refractivity (Wildman–Crippen MR) is 107 cm³/mol. The van der Waals surface area contributed by atoms with Crippen LogP contribution in [0.1, 0.15) is 30.0 Å². The maximum absolute atomic E-state index is 12.9. The Hall–Kier alpha value is -2.82. The van der Waals surface area contributed by atoms with E-state index in [1.807, 2.05) is 48.2 Å². The van der Waals surface area contributed by atoms with Crippen LogP contribution in [0.15, 0.2) is 42.5 Å². The first-order valence-electron chi connectivity index (χ1n) is 9.49. The molecule has 2 aliphatic heterocycles. The van der Waals surface area contributed by atoms with Crippen LogP contribution in [0, 0.1) is 13.8 Å². The highest BCUT2D eigenvalue weighted by molar-refractivity contribution is 5.99. The fraction of sp³-hybridized carbons (Fsp3) is 0.364. The van der Waals surface area contributed by atoms with E-state index < -0.39 is 0 Å². The van der Waals surface area contributed by atoms with Crippen molar-refractivity contribution in [3.63, 3.8) is 0 Å². The van der Waals surface area contributed by atoms with E-state index in [1.54, 1.807) is 4.90 Å². The number of amides is 3. The topological polar surface area (TPSA) is 52.7 Å². The second kappa shape index (κ2) is 6.72. The molecule has 0 bridgehead atoms. The summed E-state index contributed by atoms with van der Waals surface area (Å²) in [5.74, 6) is 0.0541. The minimum Gasteiger partial charge on any atom is -0.333 e. The minimum atomic E-state index is -0.174. The summed E-state index contributed by atoms with van der Waals surface area (Å²) in [4.78, 5) is 29.0. The summed E-state index contributed by atoms with van der Waals surface area (Å²) in [6, 6.07) is 13.9. The fourth-order valence-electron chi connectivity index (χ4n) is 4.07. The maximum Gasteiger partial charge on any atom is 0.322 e. The number of hydrogen-bond donors (Lipinski definition) is 1. The molecule has 2 aromatic carbocycles. The van der Waals surface area contributed by atoms with Gasteiger partial charge in [-0.2, -0.15) is 0 Å². The molecule has 140 valence electrons. The molecular weight excluding hydrogens is 338 g/mol. The molecule has 4 rings (SSSR count). The molecular formula is C22H25N3O2. The van der Waals surface area contributed by atoms with E-state index in [2.05, 4.69) is 25.2 Å². The van der Waals surface area contributed by atoms with Crippen LogP contribution in [0.25, 0.3) is 0 Å². The molecule has 1 fully saturated rings. The minimum absolute atomic E-state index is 0.0541. The van der Waals surface area contributed by atoms with Gasteiger partial charge in [0.05, 0.1) is 6.04 Å². The van der Waals surface area contributed by atoms with Crippen molar-refractivity contribution in [2.24, 2.45) is 0 Å². The zero-order valence-corrected chi connectivity index (χ0v) is 16.0. The molecule has 2 aliphatic rings. The Morgan fingerprint density at radius 2 is 1.85 bits per heavy atom. The Balaban J connectivity index is 1.47. The Bertz CT molecular complexity index is 908. The van der Waals surface area contributed by atoms with Crippen LogP contribution in [-0.4, -0.2) is 30.6 Å². The Morgan fingerprint density at radius 1 is 1.07 bits per heavy atom. The third kappa shape index (κ3) is 3.18. The lowest BCUT2D eigenvalue weighted by molar-refractivity contribution is -0.117. The number of para-hydroxylation sites is 1. The van der Waals surface area contributed by atoms with Gasteiger partial charge < -0.3 is 10.2 Å². The third-order valence-corrected chi connectivity index (χ3v) is 5.68. The van der Waals surface area contributed by atoms with Gasteiger partial charge in [-0.25, -0.2) is 4.79 Å². The highest BCUT2D eigenvalue weighted by Crippen LogP contribution is 2.32. The van der Waals surface area contributed by atoms with Crippen LogP contribution in [0.5, 0.6) is 0 Å². The number of anilines is 2. The highest BCUT2D eigenvalue weighted by Gasteiger charge is 2.35. The van der Waals surface area contributed by atoms with Gasteiger partial charge in [0.2, 0.25) is 5.91 Å². The Labute approximate surface area is 160 Å². The lowest BCUT2D eigenvalue weighted by atomic mass is 10.1. The SMILES string of the molecule is Cc1ccc(N2CC(NC(=O)N3c4ccccc4CC3C)CC2=O)cc1C. The second-order valence-corrected chi connectivity index (χ2v) is 7.68. The quantitative estimate of drug-likeness (QED) is 0.887. The molecule has 2 aromatic rings. The number of nitrogens with zero attached hydrogens (tertiary/aromatic N) is 2. The van der Waals surface area contributed by atoms with E-state index in [4.69, 9.17) is 0 Å². The van der Waals surface area contributed by atoms with Crippen LogP contribution >= 0.6 is 0 Å². The zero-order chi connectivity index (χ0) is 19.1. The average molecular weight is 363 g/mol. The summed E-state index contributed by atoms with van der Waals surface area (Å²) in [5.41, 5.74) is 5.43. The third-order valence-electron chi connectivity index (χ3n) is 5.68. The van der Waals surface area contributed by atoms with Crippen molar-refractivity contribution in [1.82, 2.24) is 5.32 Å². The molecule has 0 spiro atoms. The molecule has 1 saturated heterocycles. The molecule has 2 unspecified atom stereocenters. The average Bonchev–Trinajstić information content (AvgIpc) is 3.16. The van der Waals surface area contributed by atoms with Crippen LogP contribution in [0.4, 0.5) is 16.2 Å². The number of rotatable bonds is 2. The number of fused-ring (bicyclic) bond motifs is 1. The van der Waals surface area contributed by atoms with Gasteiger partial charge >= 0.3 is 6.03 Å². The van der Waals surface area contributed by atoms with Gasteiger partial charge in [-0.3, -0.25) is 9.69 Å². The van der Waals surface area contributed by atoms with E-state index in [9.17, 15) is 9.59 Å². The van der Waals surface area contributed by atoms with Crippen molar-refractivity contribution in [3.8, 4) is 0 Å². The predicted octanol–water partition coefficient (Wildman–Crippen LogP) is 3.57. The lowest BCUT2D eigenvalue weighted by Crippen LogP contribution is -2.48. The van der Waals surface area contributed by atoms with Gasteiger partial charge in [0, 0.05) is 30.4 Å². The van der Waals surface area contributed by atoms with Crippen molar-refractivity contribution in [2.45, 2.75) is 45.7 Å². The first kappa shape index (κ1) is 17.6. The number of hydrogen-bond acceptors (Lipinski definition) is 2. The number of benzene rings is 2. The monoisotopic (exact) mass is 363 g/mol. The maximum atomic E-state index is 12.9. The number of aryl methyl sites for hydroxylation is 2. The van der Waals surface area contributed by atoms with Crippen LogP contribution < -0.4 is 15.1 Å². The molecule has 5 heteroatoms.